The van der Waals surface area contributed by atoms with E-state index in [1.54, 1.807) is 31.2 Å². The van der Waals surface area contributed by atoms with Crippen LogP contribution in [-0.2, 0) is 14.8 Å². The van der Waals surface area contributed by atoms with E-state index in [1.807, 2.05) is 4.72 Å². The monoisotopic (exact) mass is 337 g/mol. The highest BCUT2D eigenvalue weighted by atomic mass is 32.2. The minimum Gasteiger partial charge on any atom is -0.497 e. The molecule has 23 heavy (non-hydrogen) atoms. The van der Waals surface area contributed by atoms with E-state index < -0.39 is 27.7 Å². The number of hydrogen-bond donors (Lipinski definition) is 1. The molecule has 1 N–H and O–H groups in total. The van der Waals surface area contributed by atoms with Gasteiger partial charge in [-0.1, -0.05) is 12.1 Å². The minimum absolute atomic E-state index is 0.172. The Morgan fingerprint density at radius 3 is 2.17 bits per heavy atom. The van der Waals surface area contributed by atoms with Crippen molar-refractivity contribution in [3.63, 3.8) is 0 Å². The van der Waals surface area contributed by atoms with E-state index in [1.165, 1.54) is 7.11 Å². The Morgan fingerprint density at radius 2 is 1.65 bits per heavy atom. The summed E-state index contributed by atoms with van der Waals surface area (Å²) < 4.78 is 44.1. The van der Waals surface area contributed by atoms with Gasteiger partial charge in [0.15, 0.2) is 0 Å². The Hall–Kier alpha value is -2.41. The lowest BCUT2D eigenvalue weighted by Gasteiger charge is -2.13. The molecule has 0 spiro atoms. The van der Waals surface area contributed by atoms with Gasteiger partial charge in [-0.25, -0.2) is 17.5 Å². The lowest BCUT2D eigenvalue weighted by atomic mass is 10.0. The molecule has 0 aliphatic carbocycles. The van der Waals surface area contributed by atoms with Crippen LogP contribution in [0.5, 0.6) is 5.75 Å². The van der Waals surface area contributed by atoms with Gasteiger partial charge in [0.1, 0.15) is 11.6 Å². The largest absolute Gasteiger partial charge is 0.497 e. The zero-order valence-electron chi connectivity index (χ0n) is 12.6. The third kappa shape index (κ3) is 4.07. The van der Waals surface area contributed by atoms with Crippen molar-refractivity contribution in [3.8, 4) is 5.75 Å². The maximum absolute atomic E-state index is 12.9. The molecule has 2 rings (SSSR count). The van der Waals surface area contributed by atoms with Gasteiger partial charge in [-0.3, -0.25) is 4.79 Å². The first kappa shape index (κ1) is 17.0. The lowest BCUT2D eigenvalue weighted by molar-refractivity contribution is -0.120. The maximum atomic E-state index is 12.9. The number of nitrogens with one attached hydrogen (secondary N) is 1. The van der Waals surface area contributed by atoms with E-state index >= 15 is 0 Å². The van der Waals surface area contributed by atoms with Gasteiger partial charge in [-0.05, 0) is 48.9 Å². The smallest absolute Gasteiger partial charge is 0.264 e. The van der Waals surface area contributed by atoms with Crippen LogP contribution < -0.4 is 9.46 Å². The molecule has 0 saturated heterocycles. The highest BCUT2D eigenvalue weighted by Gasteiger charge is 2.22. The third-order valence-electron chi connectivity index (χ3n) is 3.37. The van der Waals surface area contributed by atoms with Crippen LogP contribution in [0.1, 0.15) is 18.4 Å². The number of rotatable bonds is 5. The molecule has 0 aliphatic heterocycles. The van der Waals surface area contributed by atoms with E-state index in [0.29, 0.717) is 11.3 Å². The number of sulfonamides is 1. The molecular formula is C16H16FNO4S. The molecule has 2 aromatic carbocycles. The fourth-order valence-corrected chi connectivity index (χ4v) is 2.99. The number of amides is 1. The highest BCUT2D eigenvalue weighted by molar-refractivity contribution is 7.90. The fraction of sp³-hybridized carbons (Fsp3) is 0.188. The summed E-state index contributed by atoms with van der Waals surface area (Å²) >= 11 is 0. The Labute approximate surface area is 134 Å². The second-order valence-corrected chi connectivity index (χ2v) is 6.60. The van der Waals surface area contributed by atoms with Crippen molar-refractivity contribution in [3.05, 3.63) is 59.9 Å². The van der Waals surface area contributed by atoms with Gasteiger partial charge in [0.25, 0.3) is 10.0 Å². The van der Waals surface area contributed by atoms with Crippen LogP contribution in [0.15, 0.2) is 53.4 Å². The van der Waals surface area contributed by atoms with Crippen LogP contribution in [-0.4, -0.2) is 21.4 Å². The van der Waals surface area contributed by atoms with Crippen LogP contribution in [0.3, 0.4) is 0 Å². The molecule has 0 unspecified atom stereocenters. The van der Waals surface area contributed by atoms with Crippen molar-refractivity contribution < 1.29 is 22.3 Å². The first-order chi connectivity index (χ1) is 10.8. The van der Waals surface area contributed by atoms with Crippen LogP contribution in [0.4, 0.5) is 4.39 Å². The summed E-state index contributed by atoms with van der Waals surface area (Å²) in [6.45, 7) is 1.59. The molecule has 0 heterocycles. The predicted molar refractivity (Wildman–Crippen MR) is 83.1 cm³/mol. The van der Waals surface area contributed by atoms with Crippen LogP contribution in [0.2, 0.25) is 0 Å². The minimum atomic E-state index is -4.03. The van der Waals surface area contributed by atoms with E-state index in [0.717, 1.165) is 24.3 Å². The number of methoxy groups -OCH3 is 1. The summed E-state index contributed by atoms with van der Waals surface area (Å²) in [6.07, 6.45) is 0. The number of halogens is 1. The molecule has 2 aromatic rings. The molecule has 1 atom stereocenters. The number of ether oxygens (including phenoxy) is 1. The van der Waals surface area contributed by atoms with Crippen molar-refractivity contribution in [2.75, 3.05) is 7.11 Å². The second kappa shape index (κ2) is 6.78. The lowest BCUT2D eigenvalue weighted by Crippen LogP contribution is -2.33. The molecule has 122 valence electrons. The maximum Gasteiger partial charge on any atom is 0.264 e. The van der Waals surface area contributed by atoms with Gasteiger partial charge in [0, 0.05) is 0 Å². The van der Waals surface area contributed by atoms with Crippen molar-refractivity contribution >= 4 is 15.9 Å². The van der Waals surface area contributed by atoms with Gasteiger partial charge in [0.05, 0.1) is 17.9 Å². The summed E-state index contributed by atoms with van der Waals surface area (Å²) in [6, 6.07) is 11.0. The summed E-state index contributed by atoms with van der Waals surface area (Å²) in [5.41, 5.74) is 0.651. The van der Waals surface area contributed by atoms with Crippen molar-refractivity contribution in [2.45, 2.75) is 17.7 Å². The number of hydrogen-bond acceptors (Lipinski definition) is 4. The fourth-order valence-electron chi connectivity index (χ4n) is 1.94. The Bertz CT molecular complexity index is 786. The molecular weight excluding hydrogens is 321 g/mol. The van der Waals surface area contributed by atoms with Crippen molar-refractivity contribution in [1.29, 1.82) is 0 Å². The Morgan fingerprint density at radius 1 is 1.09 bits per heavy atom. The average molecular weight is 337 g/mol. The van der Waals surface area contributed by atoms with Gasteiger partial charge in [0.2, 0.25) is 5.91 Å². The summed E-state index contributed by atoms with van der Waals surface area (Å²) in [4.78, 5) is 12.0. The van der Waals surface area contributed by atoms with E-state index in [-0.39, 0.29) is 4.90 Å². The van der Waals surface area contributed by atoms with E-state index in [2.05, 4.69) is 0 Å². The van der Waals surface area contributed by atoms with Gasteiger partial charge >= 0.3 is 0 Å². The van der Waals surface area contributed by atoms with Gasteiger partial charge < -0.3 is 4.74 Å². The van der Waals surface area contributed by atoms with Gasteiger partial charge in [-0.15, -0.1) is 0 Å². The zero-order chi connectivity index (χ0) is 17.0. The summed E-state index contributed by atoms with van der Waals surface area (Å²) in [5, 5.41) is 0. The summed E-state index contributed by atoms with van der Waals surface area (Å²) in [7, 11) is -2.50. The van der Waals surface area contributed by atoms with E-state index in [4.69, 9.17) is 4.74 Å². The molecule has 5 nitrogen and oxygen atoms in total. The van der Waals surface area contributed by atoms with Gasteiger partial charge in [-0.2, -0.15) is 0 Å². The molecule has 0 aromatic heterocycles. The molecule has 0 radical (unpaired) electrons. The van der Waals surface area contributed by atoms with E-state index in [9.17, 15) is 17.6 Å². The summed E-state index contributed by atoms with van der Waals surface area (Å²) in [5.74, 6) is -1.25. The average Bonchev–Trinajstić information content (AvgIpc) is 2.54. The number of benzene rings is 2. The number of carbonyl (C=O) groups is 1. The SMILES string of the molecule is COc1ccc([C@@H](C)C(=O)NS(=O)(=O)c2ccc(F)cc2)cc1. The predicted octanol–water partition coefficient (Wildman–Crippen LogP) is 2.44. The molecule has 1 amide bonds. The molecule has 0 fully saturated rings. The second-order valence-electron chi connectivity index (χ2n) is 4.92. The normalized spacial score (nSPS) is 12.5. The van der Waals surface area contributed by atoms with Crippen LogP contribution in [0, 0.1) is 5.82 Å². The topological polar surface area (TPSA) is 72.5 Å². The van der Waals surface area contributed by atoms with Crippen molar-refractivity contribution in [2.24, 2.45) is 0 Å². The van der Waals surface area contributed by atoms with Crippen LogP contribution in [0.25, 0.3) is 0 Å². The molecule has 0 saturated carbocycles. The number of carbonyl (C=O) groups excluding carboxylic acids is 1. The van der Waals surface area contributed by atoms with Crippen LogP contribution >= 0.6 is 0 Å². The molecule has 0 bridgehead atoms. The Balaban J connectivity index is 2.14. The first-order valence-corrected chi connectivity index (χ1v) is 8.28. The molecule has 0 aliphatic rings. The quantitative estimate of drug-likeness (QED) is 0.909. The standard InChI is InChI=1S/C16H16FNO4S/c1-11(12-3-7-14(22-2)8-4-12)16(19)18-23(20,21)15-9-5-13(17)6-10-15/h3-11H,1-2H3,(H,18,19)/t11-/m1/s1. The molecule has 7 heteroatoms. The Kier molecular flexibility index (Phi) is 5.00. The third-order valence-corrected chi connectivity index (χ3v) is 4.73. The zero-order valence-corrected chi connectivity index (χ0v) is 13.4. The highest BCUT2D eigenvalue weighted by Crippen LogP contribution is 2.20. The van der Waals surface area contributed by atoms with Crippen molar-refractivity contribution in [1.82, 2.24) is 4.72 Å². The first-order valence-electron chi connectivity index (χ1n) is 6.79.